The van der Waals surface area contributed by atoms with E-state index in [1.54, 1.807) is 17.5 Å². The van der Waals surface area contributed by atoms with Crippen molar-refractivity contribution >= 4 is 27.3 Å². The zero-order chi connectivity index (χ0) is 15.6. The highest BCUT2D eigenvalue weighted by Crippen LogP contribution is 2.30. The molecule has 0 bridgehead atoms. The molecular weight excluding hydrogens is 322 g/mol. The van der Waals surface area contributed by atoms with Gasteiger partial charge in [0.15, 0.2) is 0 Å². The second-order valence-electron chi connectivity index (χ2n) is 5.90. The van der Waals surface area contributed by atoms with Crippen molar-refractivity contribution in [3.63, 3.8) is 0 Å². The monoisotopic (exact) mass is 343 g/mol. The Kier molecular flexibility index (Phi) is 4.84. The Morgan fingerprint density at radius 1 is 1.18 bits per heavy atom. The van der Waals surface area contributed by atoms with E-state index < -0.39 is 16.1 Å². The van der Waals surface area contributed by atoms with Crippen LogP contribution >= 0.6 is 11.3 Å². The van der Waals surface area contributed by atoms with Crippen molar-refractivity contribution in [3.8, 4) is 0 Å². The smallest absolute Gasteiger partial charge is 0.324 e. The normalized spacial score (nSPS) is 24.5. The standard InChI is InChI=1S/C15H21NO4S2/c17-15(20-12-6-2-1-3-7-12)13-8-4-10-16(13)22(18,19)14-9-5-11-21-14/h5,9,11-13H,1-4,6-8,10H2. The zero-order valence-electron chi connectivity index (χ0n) is 12.4. The lowest BCUT2D eigenvalue weighted by Gasteiger charge is -2.26. The number of esters is 1. The molecule has 1 aromatic rings. The fourth-order valence-electron chi connectivity index (χ4n) is 3.22. The Hall–Kier alpha value is -0.920. The lowest BCUT2D eigenvalue weighted by Crippen LogP contribution is -2.42. The maximum absolute atomic E-state index is 12.6. The molecule has 1 aromatic heterocycles. The Bertz CT molecular complexity index is 605. The number of thiophene rings is 1. The molecule has 5 nitrogen and oxygen atoms in total. The Labute approximate surface area is 135 Å². The molecular formula is C15H21NO4S2. The summed E-state index contributed by atoms with van der Waals surface area (Å²) in [5.41, 5.74) is 0. The predicted molar refractivity (Wildman–Crippen MR) is 84.2 cm³/mol. The van der Waals surface area contributed by atoms with Crippen LogP contribution in [-0.4, -0.2) is 37.4 Å². The number of ether oxygens (including phenoxy) is 1. The van der Waals surface area contributed by atoms with Gasteiger partial charge in [0, 0.05) is 6.54 Å². The second-order valence-corrected chi connectivity index (χ2v) is 8.97. The summed E-state index contributed by atoms with van der Waals surface area (Å²) in [6.07, 6.45) is 6.38. The number of hydrogen-bond donors (Lipinski definition) is 0. The molecule has 2 heterocycles. The summed E-state index contributed by atoms with van der Waals surface area (Å²) in [6.45, 7) is 0.394. The van der Waals surface area contributed by atoms with E-state index in [1.807, 2.05) is 0 Å². The van der Waals surface area contributed by atoms with Crippen molar-refractivity contribution in [2.45, 2.75) is 61.3 Å². The van der Waals surface area contributed by atoms with Crippen LogP contribution in [0.15, 0.2) is 21.7 Å². The van der Waals surface area contributed by atoms with Gasteiger partial charge in [0.25, 0.3) is 10.0 Å². The molecule has 7 heteroatoms. The summed E-state index contributed by atoms with van der Waals surface area (Å²) in [5.74, 6) is -0.371. The highest BCUT2D eigenvalue weighted by molar-refractivity contribution is 7.91. The maximum Gasteiger partial charge on any atom is 0.324 e. The van der Waals surface area contributed by atoms with E-state index in [0.29, 0.717) is 23.6 Å². The first-order valence-electron chi connectivity index (χ1n) is 7.85. The maximum atomic E-state index is 12.6. The molecule has 1 atom stereocenters. The molecule has 0 spiro atoms. The van der Waals surface area contributed by atoms with Crippen molar-refractivity contribution in [1.82, 2.24) is 4.31 Å². The molecule has 0 radical (unpaired) electrons. The van der Waals surface area contributed by atoms with E-state index in [1.165, 1.54) is 22.1 Å². The van der Waals surface area contributed by atoms with Gasteiger partial charge >= 0.3 is 5.97 Å². The van der Waals surface area contributed by atoms with Crippen molar-refractivity contribution in [2.24, 2.45) is 0 Å². The number of rotatable bonds is 4. The molecule has 0 N–H and O–H groups in total. The topological polar surface area (TPSA) is 63.7 Å². The summed E-state index contributed by atoms with van der Waals surface area (Å²) in [5, 5.41) is 1.73. The lowest BCUT2D eigenvalue weighted by atomic mass is 9.98. The van der Waals surface area contributed by atoms with Gasteiger partial charge in [-0.1, -0.05) is 12.5 Å². The van der Waals surface area contributed by atoms with Crippen LogP contribution in [0, 0.1) is 0 Å². The highest BCUT2D eigenvalue weighted by Gasteiger charge is 2.41. The van der Waals surface area contributed by atoms with Gasteiger partial charge < -0.3 is 4.74 Å². The number of sulfonamides is 1. The van der Waals surface area contributed by atoms with Crippen LogP contribution in [0.1, 0.15) is 44.9 Å². The van der Waals surface area contributed by atoms with E-state index >= 15 is 0 Å². The van der Waals surface area contributed by atoms with E-state index in [-0.39, 0.29) is 12.1 Å². The lowest BCUT2D eigenvalue weighted by molar-refractivity contribution is -0.154. The van der Waals surface area contributed by atoms with Gasteiger partial charge in [0.2, 0.25) is 0 Å². The molecule has 1 saturated heterocycles. The average molecular weight is 343 g/mol. The predicted octanol–water partition coefficient (Wildman–Crippen LogP) is 2.78. The van der Waals surface area contributed by atoms with Gasteiger partial charge in [-0.3, -0.25) is 4.79 Å². The molecule has 1 saturated carbocycles. The Balaban J connectivity index is 1.71. The summed E-state index contributed by atoms with van der Waals surface area (Å²) in [7, 11) is -3.58. The minimum atomic E-state index is -3.58. The summed E-state index contributed by atoms with van der Waals surface area (Å²) < 4.78 is 32.5. The van der Waals surface area contributed by atoms with Gasteiger partial charge in [0.05, 0.1) is 0 Å². The van der Waals surface area contributed by atoms with Gasteiger partial charge in [-0.25, -0.2) is 8.42 Å². The first kappa shape index (κ1) is 16.0. The van der Waals surface area contributed by atoms with E-state index in [2.05, 4.69) is 0 Å². The van der Waals surface area contributed by atoms with Crippen molar-refractivity contribution in [2.75, 3.05) is 6.54 Å². The van der Waals surface area contributed by atoms with Crippen LogP contribution in [0.2, 0.25) is 0 Å². The fourth-order valence-corrected chi connectivity index (χ4v) is 5.98. The Morgan fingerprint density at radius 3 is 2.64 bits per heavy atom. The quantitative estimate of drug-likeness (QED) is 0.789. The number of carbonyl (C=O) groups excluding carboxylic acids is 1. The summed E-state index contributed by atoms with van der Waals surface area (Å²) in [4.78, 5) is 12.4. The first-order chi connectivity index (χ1) is 10.6. The van der Waals surface area contributed by atoms with Crippen LogP contribution in [0.3, 0.4) is 0 Å². The third kappa shape index (κ3) is 3.21. The van der Waals surface area contributed by atoms with Crippen molar-refractivity contribution < 1.29 is 17.9 Å². The number of hydrogen-bond acceptors (Lipinski definition) is 5. The number of nitrogens with zero attached hydrogens (tertiary/aromatic N) is 1. The Morgan fingerprint density at radius 2 is 1.95 bits per heavy atom. The molecule has 3 rings (SSSR count). The minimum Gasteiger partial charge on any atom is -0.461 e. The van der Waals surface area contributed by atoms with Crippen LogP contribution in [-0.2, 0) is 19.6 Å². The van der Waals surface area contributed by atoms with Crippen molar-refractivity contribution in [3.05, 3.63) is 17.5 Å². The van der Waals surface area contributed by atoms with Crippen LogP contribution in [0.5, 0.6) is 0 Å². The molecule has 2 fully saturated rings. The zero-order valence-corrected chi connectivity index (χ0v) is 14.1. The van der Waals surface area contributed by atoms with Crippen molar-refractivity contribution in [1.29, 1.82) is 0 Å². The van der Waals surface area contributed by atoms with Gasteiger partial charge in [-0.05, 0) is 50.0 Å². The number of carbonyl (C=O) groups is 1. The third-order valence-corrected chi connectivity index (χ3v) is 7.65. The largest absolute Gasteiger partial charge is 0.461 e. The van der Waals surface area contributed by atoms with E-state index in [0.717, 1.165) is 25.7 Å². The van der Waals surface area contributed by atoms with E-state index in [4.69, 9.17) is 4.74 Å². The van der Waals surface area contributed by atoms with E-state index in [9.17, 15) is 13.2 Å². The molecule has 0 aromatic carbocycles. The van der Waals surface area contributed by atoms with Crippen LogP contribution in [0.4, 0.5) is 0 Å². The molecule has 122 valence electrons. The third-order valence-electron chi connectivity index (χ3n) is 4.37. The first-order valence-corrected chi connectivity index (χ1v) is 10.2. The SMILES string of the molecule is O=C(OC1CCCCC1)C1CCCN1S(=O)(=O)c1cccs1. The van der Waals surface area contributed by atoms with Crippen LogP contribution in [0.25, 0.3) is 0 Å². The van der Waals surface area contributed by atoms with Crippen LogP contribution < -0.4 is 0 Å². The molecule has 1 aliphatic heterocycles. The molecule has 22 heavy (non-hydrogen) atoms. The second kappa shape index (κ2) is 6.68. The van der Waals surface area contributed by atoms with Gasteiger partial charge in [-0.15, -0.1) is 11.3 Å². The summed E-state index contributed by atoms with van der Waals surface area (Å²) in [6, 6.07) is 2.64. The highest BCUT2D eigenvalue weighted by atomic mass is 32.2. The molecule has 1 aliphatic carbocycles. The van der Waals surface area contributed by atoms with Gasteiger partial charge in [0.1, 0.15) is 16.4 Å². The molecule has 2 aliphatic rings. The molecule has 0 amide bonds. The van der Waals surface area contributed by atoms with Gasteiger partial charge in [-0.2, -0.15) is 4.31 Å². The summed E-state index contributed by atoms with van der Waals surface area (Å²) >= 11 is 1.18. The molecule has 1 unspecified atom stereocenters. The average Bonchev–Trinajstić information content (AvgIpc) is 3.20. The minimum absolute atomic E-state index is 0.0341. The fraction of sp³-hybridized carbons (Fsp3) is 0.667.